The number of imidazole rings is 1. The highest BCUT2D eigenvalue weighted by molar-refractivity contribution is 7.71. The zero-order valence-corrected chi connectivity index (χ0v) is 8.58. The van der Waals surface area contributed by atoms with Gasteiger partial charge in [-0.15, -0.1) is 0 Å². The third-order valence-corrected chi connectivity index (χ3v) is 1.90. The fourth-order valence-corrected chi connectivity index (χ4v) is 1.31. The summed E-state index contributed by atoms with van der Waals surface area (Å²) in [6, 6.07) is 0. The van der Waals surface area contributed by atoms with Gasteiger partial charge in [0.1, 0.15) is 5.69 Å². The predicted molar refractivity (Wildman–Crippen MR) is 51.6 cm³/mol. The second kappa shape index (κ2) is 2.99. The molecule has 0 radical (unpaired) electrons. The SMILES string of the molecule is CC(C)(C)c1[nH]c(=S)[nH]c1C(=O)O. The molecule has 0 atom stereocenters. The minimum atomic E-state index is -0.989. The third-order valence-electron chi connectivity index (χ3n) is 1.69. The molecule has 72 valence electrons. The van der Waals surface area contributed by atoms with Gasteiger partial charge in [-0.05, 0) is 12.2 Å². The number of H-pyrrole nitrogens is 2. The molecule has 0 aliphatic rings. The van der Waals surface area contributed by atoms with Gasteiger partial charge in [-0.3, -0.25) is 0 Å². The van der Waals surface area contributed by atoms with Gasteiger partial charge in [0.15, 0.2) is 4.77 Å². The molecule has 0 unspecified atom stereocenters. The molecule has 5 heteroatoms. The van der Waals surface area contributed by atoms with Crippen molar-refractivity contribution in [3.05, 3.63) is 16.2 Å². The number of carboxylic acids is 1. The van der Waals surface area contributed by atoms with E-state index in [9.17, 15) is 4.79 Å². The van der Waals surface area contributed by atoms with Crippen molar-refractivity contribution in [3.8, 4) is 0 Å². The van der Waals surface area contributed by atoms with Crippen LogP contribution in [0.5, 0.6) is 0 Å². The summed E-state index contributed by atoms with van der Waals surface area (Å²) >= 11 is 4.83. The molecule has 0 saturated heterocycles. The number of aromatic nitrogens is 2. The van der Waals surface area contributed by atoms with Gasteiger partial charge >= 0.3 is 5.97 Å². The highest BCUT2D eigenvalue weighted by atomic mass is 32.1. The Morgan fingerprint density at radius 2 is 1.92 bits per heavy atom. The van der Waals surface area contributed by atoms with Crippen LogP contribution in [-0.2, 0) is 5.41 Å². The van der Waals surface area contributed by atoms with E-state index in [0.717, 1.165) is 0 Å². The monoisotopic (exact) mass is 200 g/mol. The number of nitrogens with one attached hydrogen (secondary N) is 2. The topological polar surface area (TPSA) is 68.9 Å². The van der Waals surface area contributed by atoms with Crippen LogP contribution in [0.1, 0.15) is 37.0 Å². The maximum atomic E-state index is 10.8. The Morgan fingerprint density at radius 3 is 2.23 bits per heavy atom. The number of hydrogen-bond acceptors (Lipinski definition) is 2. The molecule has 13 heavy (non-hydrogen) atoms. The van der Waals surface area contributed by atoms with E-state index in [1.807, 2.05) is 20.8 Å². The van der Waals surface area contributed by atoms with E-state index >= 15 is 0 Å². The third kappa shape index (κ3) is 1.98. The molecule has 0 aliphatic carbocycles. The van der Waals surface area contributed by atoms with Crippen LogP contribution in [0, 0.1) is 4.77 Å². The van der Waals surface area contributed by atoms with Crippen molar-refractivity contribution in [1.82, 2.24) is 9.97 Å². The lowest BCUT2D eigenvalue weighted by Crippen LogP contribution is -2.16. The Morgan fingerprint density at radius 1 is 1.38 bits per heavy atom. The predicted octanol–water partition coefficient (Wildman–Crippen LogP) is 2.07. The van der Waals surface area contributed by atoms with Crippen molar-refractivity contribution in [2.75, 3.05) is 0 Å². The quantitative estimate of drug-likeness (QED) is 0.608. The molecule has 0 saturated carbocycles. The van der Waals surface area contributed by atoms with Crippen molar-refractivity contribution < 1.29 is 9.90 Å². The number of aromatic amines is 2. The molecule has 0 spiro atoms. The zero-order chi connectivity index (χ0) is 10.2. The first kappa shape index (κ1) is 9.98. The van der Waals surface area contributed by atoms with Gasteiger partial charge in [-0.1, -0.05) is 20.8 Å². The van der Waals surface area contributed by atoms with Gasteiger partial charge in [-0.2, -0.15) is 0 Å². The lowest BCUT2D eigenvalue weighted by Gasteiger charge is -2.16. The molecule has 0 bridgehead atoms. The van der Waals surface area contributed by atoms with Crippen LogP contribution in [0.25, 0.3) is 0 Å². The van der Waals surface area contributed by atoms with Crippen molar-refractivity contribution >= 4 is 18.2 Å². The second-order valence-corrected chi connectivity index (χ2v) is 4.29. The van der Waals surface area contributed by atoms with Crippen molar-refractivity contribution in [2.45, 2.75) is 26.2 Å². The van der Waals surface area contributed by atoms with Gasteiger partial charge in [0, 0.05) is 5.41 Å². The van der Waals surface area contributed by atoms with Crippen LogP contribution in [0.15, 0.2) is 0 Å². The molecular weight excluding hydrogens is 188 g/mol. The average molecular weight is 200 g/mol. The summed E-state index contributed by atoms with van der Waals surface area (Å²) in [5, 5.41) is 8.84. The highest BCUT2D eigenvalue weighted by Crippen LogP contribution is 2.22. The molecule has 0 aromatic carbocycles. The summed E-state index contributed by atoms with van der Waals surface area (Å²) < 4.78 is 0.349. The maximum Gasteiger partial charge on any atom is 0.354 e. The Bertz CT molecular complexity index is 384. The van der Waals surface area contributed by atoms with Gasteiger partial charge in [-0.25, -0.2) is 4.79 Å². The Balaban J connectivity index is 3.36. The Hall–Kier alpha value is -1.10. The van der Waals surface area contributed by atoms with E-state index in [1.165, 1.54) is 0 Å². The fraction of sp³-hybridized carbons (Fsp3) is 0.500. The summed E-state index contributed by atoms with van der Waals surface area (Å²) in [6.07, 6.45) is 0. The van der Waals surface area contributed by atoms with Gasteiger partial charge in [0.05, 0.1) is 5.69 Å². The molecule has 1 aromatic rings. The summed E-state index contributed by atoms with van der Waals surface area (Å²) in [4.78, 5) is 16.2. The fourth-order valence-electron chi connectivity index (χ4n) is 1.11. The number of rotatable bonds is 1. The van der Waals surface area contributed by atoms with E-state index < -0.39 is 5.97 Å². The van der Waals surface area contributed by atoms with Crippen molar-refractivity contribution in [3.63, 3.8) is 0 Å². The molecule has 0 amide bonds. The van der Waals surface area contributed by atoms with Crippen molar-refractivity contribution in [2.24, 2.45) is 0 Å². The summed E-state index contributed by atoms with van der Waals surface area (Å²) in [5.41, 5.74) is 0.531. The number of hydrogen-bond donors (Lipinski definition) is 3. The van der Waals surface area contributed by atoms with Gasteiger partial charge in [0.2, 0.25) is 0 Å². The smallest absolute Gasteiger partial charge is 0.354 e. The van der Waals surface area contributed by atoms with Crippen LogP contribution >= 0.6 is 12.2 Å². The standard InChI is InChI=1S/C8H12N2O2S/c1-8(2,3)5-4(6(11)12)9-7(13)10-5/h1-3H3,(H,11,12)(H2,9,10,13). The number of aromatic carboxylic acids is 1. The van der Waals surface area contributed by atoms with Crippen LogP contribution < -0.4 is 0 Å². The largest absolute Gasteiger partial charge is 0.477 e. The molecule has 1 aromatic heterocycles. The van der Waals surface area contributed by atoms with Crippen LogP contribution in [-0.4, -0.2) is 21.0 Å². The highest BCUT2D eigenvalue weighted by Gasteiger charge is 2.23. The summed E-state index contributed by atoms with van der Waals surface area (Å²) in [6.45, 7) is 5.77. The molecule has 1 rings (SSSR count). The molecule has 1 heterocycles. The minimum absolute atomic E-state index is 0.150. The number of carbonyl (C=O) groups is 1. The first-order valence-electron chi connectivity index (χ1n) is 3.88. The zero-order valence-electron chi connectivity index (χ0n) is 7.76. The lowest BCUT2D eigenvalue weighted by molar-refractivity contribution is 0.0688. The molecule has 0 fully saturated rings. The van der Waals surface area contributed by atoms with Gasteiger partial charge < -0.3 is 15.1 Å². The molecule has 3 N–H and O–H groups in total. The maximum absolute atomic E-state index is 10.8. The van der Waals surface area contributed by atoms with E-state index in [0.29, 0.717) is 10.5 Å². The van der Waals surface area contributed by atoms with Crippen LogP contribution in [0.4, 0.5) is 0 Å². The summed E-state index contributed by atoms with van der Waals surface area (Å²) in [5.74, 6) is -0.989. The van der Waals surface area contributed by atoms with Crippen LogP contribution in [0.2, 0.25) is 0 Å². The van der Waals surface area contributed by atoms with E-state index in [-0.39, 0.29) is 11.1 Å². The van der Waals surface area contributed by atoms with Gasteiger partial charge in [0.25, 0.3) is 0 Å². The Labute approximate surface area is 81.0 Å². The second-order valence-electron chi connectivity index (χ2n) is 3.88. The molecule has 4 nitrogen and oxygen atoms in total. The van der Waals surface area contributed by atoms with E-state index in [2.05, 4.69) is 9.97 Å². The number of carboxylic acid groups (broad SMARTS) is 1. The first-order valence-corrected chi connectivity index (χ1v) is 4.29. The average Bonchev–Trinajstić information content (AvgIpc) is 2.29. The molecule has 0 aliphatic heterocycles. The lowest BCUT2D eigenvalue weighted by atomic mass is 9.91. The Kier molecular flexibility index (Phi) is 2.30. The van der Waals surface area contributed by atoms with Crippen LogP contribution in [0.3, 0.4) is 0 Å². The minimum Gasteiger partial charge on any atom is -0.477 e. The van der Waals surface area contributed by atoms with E-state index in [4.69, 9.17) is 17.3 Å². The molecular formula is C8H12N2O2S. The van der Waals surface area contributed by atoms with E-state index in [1.54, 1.807) is 0 Å². The van der Waals surface area contributed by atoms with Crippen molar-refractivity contribution in [1.29, 1.82) is 0 Å². The first-order chi connectivity index (χ1) is 5.82. The normalized spacial score (nSPS) is 11.6. The summed E-state index contributed by atoms with van der Waals surface area (Å²) in [7, 11) is 0.